The van der Waals surface area contributed by atoms with Gasteiger partial charge in [-0.2, -0.15) is 0 Å². The molecule has 2 heterocycles. The van der Waals surface area contributed by atoms with E-state index in [-0.39, 0.29) is 17.5 Å². The van der Waals surface area contributed by atoms with Crippen LogP contribution in [0.4, 0.5) is 11.4 Å². The number of Topliss-reactive ketones (excluding diaryl/α,β-unsaturated/α-hetero) is 1. The lowest BCUT2D eigenvalue weighted by Crippen LogP contribution is -2.41. The number of benzene rings is 1. The molecule has 3 rings (SSSR count). The van der Waals surface area contributed by atoms with Crippen molar-refractivity contribution in [2.24, 2.45) is 0 Å². The number of anilines is 1. The Morgan fingerprint density at radius 2 is 2.14 bits per heavy atom. The van der Waals surface area contributed by atoms with E-state index in [9.17, 15) is 14.9 Å². The summed E-state index contributed by atoms with van der Waals surface area (Å²) in [4.78, 5) is 24.8. The minimum atomic E-state index is -0.414. The summed E-state index contributed by atoms with van der Waals surface area (Å²) < 4.78 is 0. The van der Waals surface area contributed by atoms with Gasteiger partial charge >= 0.3 is 0 Å². The Balaban J connectivity index is 1.82. The molecule has 2 atom stereocenters. The Labute approximate surface area is 129 Å². The largest absolute Gasteiger partial charge is 0.375 e. The van der Waals surface area contributed by atoms with Crippen molar-refractivity contribution in [3.63, 3.8) is 0 Å². The molecule has 0 aromatic heterocycles. The summed E-state index contributed by atoms with van der Waals surface area (Å²) in [6.07, 6.45) is 4.63. The van der Waals surface area contributed by atoms with E-state index in [1.54, 1.807) is 12.1 Å². The van der Waals surface area contributed by atoms with Gasteiger partial charge in [0.15, 0.2) is 5.78 Å². The standard InChI is InChI=1S/C16H21N3O3/c1-11(20)12-5-6-13(16(10-12)19(21)22)17-14-7-9-18-8-3-2-4-15(14)18/h5-6,10,14-15,17H,2-4,7-9H2,1H3/t14-,15+/m1/s1. The Hall–Kier alpha value is -1.95. The van der Waals surface area contributed by atoms with Crippen molar-refractivity contribution in [2.45, 2.75) is 44.7 Å². The zero-order valence-electron chi connectivity index (χ0n) is 12.7. The first-order chi connectivity index (χ1) is 10.6. The van der Waals surface area contributed by atoms with Crippen LogP contribution in [0, 0.1) is 10.1 Å². The number of nitrogens with zero attached hydrogens (tertiary/aromatic N) is 2. The molecule has 2 aliphatic rings. The first-order valence-corrected chi connectivity index (χ1v) is 7.86. The van der Waals surface area contributed by atoms with E-state index in [0.717, 1.165) is 25.9 Å². The van der Waals surface area contributed by atoms with Gasteiger partial charge in [-0.1, -0.05) is 6.42 Å². The van der Waals surface area contributed by atoms with Crippen LogP contribution in [0.3, 0.4) is 0 Å². The third kappa shape index (κ3) is 2.83. The molecule has 6 heteroatoms. The van der Waals surface area contributed by atoms with E-state index in [2.05, 4.69) is 10.2 Å². The summed E-state index contributed by atoms with van der Waals surface area (Å²) in [6.45, 7) is 3.61. The molecular formula is C16H21N3O3. The minimum Gasteiger partial charge on any atom is -0.375 e. The van der Waals surface area contributed by atoms with Crippen molar-refractivity contribution < 1.29 is 9.72 Å². The molecule has 6 nitrogen and oxygen atoms in total. The van der Waals surface area contributed by atoms with Crippen LogP contribution < -0.4 is 5.32 Å². The maximum atomic E-state index is 11.4. The number of rotatable bonds is 4. The van der Waals surface area contributed by atoms with Crippen molar-refractivity contribution in [1.29, 1.82) is 0 Å². The molecule has 118 valence electrons. The first-order valence-electron chi connectivity index (χ1n) is 7.86. The fraction of sp³-hybridized carbons (Fsp3) is 0.562. The zero-order valence-corrected chi connectivity index (χ0v) is 12.7. The van der Waals surface area contributed by atoms with Crippen molar-refractivity contribution in [1.82, 2.24) is 4.90 Å². The number of ketones is 1. The highest BCUT2D eigenvalue weighted by atomic mass is 16.6. The fourth-order valence-electron chi connectivity index (χ4n) is 3.64. The van der Waals surface area contributed by atoms with Gasteiger partial charge in [-0.15, -0.1) is 0 Å². The molecule has 0 unspecified atom stereocenters. The second-order valence-electron chi connectivity index (χ2n) is 6.18. The van der Waals surface area contributed by atoms with Crippen LogP contribution >= 0.6 is 0 Å². The van der Waals surface area contributed by atoms with Crippen LogP contribution in [0.15, 0.2) is 18.2 Å². The lowest BCUT2D eigenvalue weighted by Gasteiger charge is -2.32. The normalized spacial score (nSPS) is 24.8. The quantitative estimate of drug-likeness (QED) is 0.526. The van der Waals surface area contributed by atoms with Crippen LogP contribution in [0.25, 0.3) is 0 Å². The van der Waals surface area contributed by atoms with Crippen LogP contribution in [0.1, 0.15) is 43.0 Å². The average Bonchev–Trinajstić information content (AvgIpc) is 2.90. The molecule has 0 saturated carbocycles. The van der Waals surface area contributed by atoms with Gasteiger partial charge in [0.2, 0.25) is 0 Å². The molecule has 1 aromatic rings. The number of nitro groups is 1. The molecule has 0 bridgehead atoms. The number of nitrogens with one attached hydrogen (secondary N) is 1. The number of hydrogen-bond donors (Lipinski definition) is 1. The second-order valence-corrected chi connectivity index (χ2v) is 6.18. The van der Waals surface area contributed by atoms with Crippen LogP contribution in [0.2, 0.25) is 0 Å². The van der Waals surface area contributed by atoms with E-state index in [4.69, 9.17) is 0 Å². The van der Waals surface area contributed by atoms with Gasteiger partial charge in [0.25, 0.3) is 5.69 Å². The molecule has 0 radical (unpaired) electrons. The zero-order chi connectivity index (χ0) is 15.7. The maximum Gasteiger partial charge on any atom is 0.293 e. The molecule has 1 aromatic carbocycles. The lowest BCUT2D eigenvalue weighted by molar-refractivity contribution is -0.384. The first kappa shape index (κ1) is 15.0. The summed E-state index contributed by atoms with van der Waals surface area (Å²) in [5, 5.41) is 14.7. The summed E-state index contributed by atoms with van der Waals surface area (Å²) in [5.41, 5.74) is 0.886. The Kier molecular flexibility index (Phi) is 4.11. The van der Waals surface area contributed by atoms with E-state index in [1.807, 2.05) is 0 Å². The summed E-state index contributed by atoms with van der Waals surface area (Å²) in [6, 6.07) is 5.42. The molecule has 0 aliphatic carbocycles. The van der Waals surface area contributed by atoms with Crippen LogP contribution in [-0.2, 0) is 0 Å². The fourth-order valence-corrected chi connectivity index (χ4v) is 3.64. The Morgan fingerprint density at radius 1 is 1.32 bits per heavy atom. The predicted molar refractivity (Wildman–Crippen MR) is 84.3 cm³/mol. The topological polar surface area (TPSA) is 75.5 Å². The SMILES string of the molecule is CC(=O)c1ccc(N[C@@H]2CCN3CCCC[C@@H]23)c([N+](=O)[O-])c1. The Morgan fingerprint density at radius 3 is 2.86 bits per heavy atom. The maximum absolute atomic E-state index is 11.4. The second kappa shape index (κ2) is 6.04. The third-order valence-electron chi connectivity index (χ3n) is 4.80. The number of carbonyl (C=O) groups is 1. The molecule has 2 aliphatic heterocycles. The highest BCUT2D eigenvalue weighted by Crippen LogP contribution is 2.32. The summed E-state index contributed by atoms with van der Waals surface area (Å²) >= 11 is 0. The van der Waals surface area contributed by atoms with Crippen molar-refractivity contribution in [3.05, 3.63) is 33.9 Å². The molecule has 2 fully saturated rings. The summed E-state index contributed by atoms with van der Waals surface area (Å²) in [7, 11) is 0. The number of piperidine rings is 1. The van der Waals surface area contributed by atoms with Crippen molar-refractivity contribution >= 4 is 17.2 Å². The van der Waals surface area contributed by atoms with E-state index < -0.39 is 4.92 Å². The van der Waals surface area contributed by atoms with Gasteiger partial charge in [-0.25, -0.2) is 0 Å². The third-order valence-corrected chi connectivity index (χ3v) is 4.80. The van der Waals surface area contributed by atoms with E-state index in [1.165, 1.54) is 25.8 Å². The van der Waals surface area contributed by atoms with Gasteiger partial charge in [0, 0.05) is 30.3 Å². The predicted octanol–water partition coefficient (Wildman–Crippen LogP) is 2.84. The van der Waals surface area contributed by atoms with Crippen molar-refractivity contribution in [3.8, 4) is 0 Å². The highest BCUT2D eigenvalue weighted by molar-refractivity contribution is 5.95. The van der Waals surface area contributed by atoms with Crippen LogP contribution in [0.5, 0.6) is 0 Å². The Bertz CT molecular complexity index is 602. The molecule has 0 spiro atoms. The van der Waals surface area contributed by atoms with E-state index in [0.29, 0.717) is 17.3 Å². The van der Waals surface area contributed by atoms with E-state index >= 15 is 0 Å². The van der Waals surface area contributed by atoms with Gasteiger partial charge in [-0.3, -0.25) is 19.8 Å². The van der Waals surface area contributed by atoms with Gasteiger partial charge in [0.1, 0.15) is 5.69 Å². The van der Waals surface area contributed by atoms with Gasteiger partial charge in [0.05, 0.1) is 4.92 Å². The molecular weight excluding hydrogens is 282 g/mol. The van der Waals surface area contributed by atoms with Crippen molar-refractivity contribution in [2.75, 3.05) is 18.4 Å². The molecule has 22 heavy (non-hydrogen) atoms. The number of carbonyl (C=O) groups excluding carboxylic acids is 1. The molecule has 0 amide bonds. The number of fused-ring (bicyclic) bond motifs is 1. The lowest BCUT2D eigenvalue weighted by atomic mass is 9.98. The summed E-state index contributed by atoms with van der Waals surface area (Å²) in [5.74, 6) is -0.158. The molecule has 1 N–H and O–H groups in total. The average molecular weight is 303 g/mol. The van der Waals surface area contributed by atoms with Gasteiger partial charge in [-0.05, 0) is 44.9 Å². The molecule has 2 saturated heterocycles. The smallest absolute Gasteiger partial charge is 0.293 e. The number of hydrogen-bond acceptors (Lipinski definition) is 5. The number of nitro benzene ring substituents is 1. The van der Waals surface area contributed by atoms with Crippen LogP contribution in [-0.4, -0.2) is 40.8 Å². The van der Waals surface area contributed by atoms with Gasteiger partial charge < -0.3 is 5.32 Å². The monoisotopic (exact) mass is 303 g/mol. The highest BCUT2D eigenvalue weighted by Gasteiger charge is 2.36. The minimum absolute atomic E-state index is 0.0121.